The number of hydrogen-bond donors (Lipinski definition) is 2. The van der Waals surface area contributed by atoms with E-state index >= 15 is 0 Å². The van der Waals surface area contributed by atoms with Crippen LogP contribution in [0.4, 0.5) is 0 Å². The van der Waals surface area contributed by atoms with Crippen LogP contribution < -0.4 is 5.32 Å². The van der Waals surface area contributed by atoms with Gasteiger partial charge < -0.3 is 15.2 Å². The molecule has 2 atom stereocenters. The Bertz CT molecular complexity index is 220. The molecule has 1 saturated heterocycles. The van der Waals surface area contributed by atoms with E-state index in [4.69, 9.17) is 4.74 Å². The Labute approximate surface area is 112 Å². The standard InChI is InChI=1S/C14H30N2O2/c1-4-14(12-17,15-5-2)7-6-8-16-9-10-18-11-13(16)3/h13,15,17H,4-12H2,1-3H3. The minimum atomic E-state index is -0.0791. The number of aliphatic hydroxyl groups excluding tert-OH is 1. The molecule has 0 aromatic heterocycles. The highest BCUT2D eigenvalue weighted by Crippen LogP contribution is 2.18. The summed E-state index contributed by atoms with van der Waals surface area (Å²) < 4.78 is 5.45. The van der Waals surface area contributed by atoms with Crippen LogP contribution in [0.25, 0.3) is 0 Å². The Morgan fingerprint density at radius 2 is 2.22 bits per heavy atom. The van der Waals surface area contributed by atoms with Gasteiger partial charge in [-0.1, -0.05) is 13.8 Å². The van der Waals surface area contributed by atoms with Crippen molar-refractivity contribution in [2.45, 2.75) is 51.6 Å². The second-order valence-electron chi connectivity index (χ2n) is 5.39. The summed E-state index contributed by atoms with van der Waals surface area (Å²) in [6, 6.07) is 0.531. The molecule has 4 heteroatoms. The molecule has 0 amide bonds. The van der Waals surface area contributed by atoms with Gasteiger partial charge in [-0.3, -0.25) is 4.90 Å². The van der Waals surface area contributed by atoms with Crippen molar-refractivity contribution in [2.24, 2.45) is 0 Å². The largest absolute Gasteiger partial charge is 0.394 e. The highest BCUT2D eigenvalue weighted by Gasteiger charge is 2.26. The number of nitrogens with one attached hydrogen (secondary N) is 1. The molecule has 1 aliphatic heterocycles. The Morgan fingerprint density at radius 1 is 1.44 bits per heavy atom. The van der Waals surface area contributed by atoms with E-state index in [0.29, 0.717) is 6.04 Å². The highest BCUT2D eigenvalue weighted by atomic mass is 16.5. The number of rotatable bonds is 8. The van der Waals surface area contributed by atoms with Crippen molar-refractivity contribution in [1.29, 1.82) is 0 Å². The summed E-state index contributed by atoms with van der Waals surface area (Å²) in [5.74, 6) is 0. The molecule has 1 fully saturated rings. The minimum absolute atomic E-state index is 0.0791. The summed E-state index contributed by atoms with van der Waals surface area (Å²) in [4.78, 5) is 2.49. The van der Waals surface area contributed by atoms with Crippen LogP contribution in [0, 0.1) is 0 Å². The second kappa shape index (κ2) is 8.10. The van der Waals surface area contributed by atoms with Gasteiger partial charge in [0.25, 0.3) is 0 Å². The van der Waals surface area contributed by atoms with Crippen molar-refractivity contribution in [3.8, 4) is 0 Å². The molecular weight excluding hydrogens is 228 g/mol. The van der Waals surface area contributed by atoms with E-state index in [-0.39, 0.29) is 12.1 Å². The Hall–Kier alpha value is -0.160. The van der Waals surface area contributed by atoms with Crippen molar-refractivity contribution in [3.05, 3.63) is 0 Å². The molecule has 0 radical (unpaired) electrons. The summed E-state index contributed by atoms with van der Waals surface area (Å²) in [5.41, 5.74) is -0.0791. The molecule has 0 saturated carbocycles. The van der Waals surface area contributed by atoms with Crippen molar-refractivity contribution in [3.63, 3.8) is 0 Å². The second-order valence-corrected chi connectivity index (χ2v) is 5.39. The summed E-state index contributed by atoms with van der Waals surface area (Å²) in [7, 11) is 0. The Kier molecular flexibility index (Phi) is 7.15. The molecule has 108 valence electrons. The lowest BCUT2D eigenvalue weighted by Crippen LogP contribution is -2.49. The van der Waals surface area contributed by atoms with Crippen LogP contribution in [-0.2, 0) is 4.74 Å². The topological polar surface area (TPSA) is 44.7 Å². The van der Waals surface area contributed by atoms with E-state index in [2.05, 4.69) is 31.0 Å². The molecule has 1 rings (SSSR count). The number of nitrogens with zero attached hydrogens (tertiary/aromatic N) is 1. The first-order valence-corrected chi connectivity index (χ1v) is 7.35. The molecule has 0 spiro atoms. The molecule has 0 bridgehead atoms. The minimum Gasteiger partial charge on any atom is -0.394 e. The van der Waals surface area contributed by atoms with Gasteiger partial charge in [-0.05, 0) is 39.3 Å². The first-order valence-electron chi connectivity index (χ1n) is 7.35. The van der Waals surface area contributed by atoms with Gasteiger partial charge in [0, 0.05) is 18.1 Å². The fraction of sp³-hybridized carbons (Fsp3) is 1.00. The number of hydrogen-bond acceptors (Lipinski definition) is 4. The summed E-state index contributed by atoms with van der Waals surface area (Å²) >= 11 is 0. The summed E-state index contributed by atoms with van der Waals surface area (Å²) in [5, 5.41) is 13.1. The van der Waals surface area contributed by atoms with E-state index < -0.39 is 0 Å². The first-order chi connectivity index (χ1) is 8.67. The number of ether oxygens (including phenoxy) is 1. The van der Waals surface area contributed by atoms with E-state index in [1.165, 1.54) is 0 Å². The number of aliphatic hydroxyl groups is 1. The van der Waals surface area contributed by atoms with Gasteiger partial charge in [0.2, 0.25) is 0 Å². The third kappa shape index (κ3) is 4.50. The van der Waals surface area contributed by atoms with Gasteiger partial charge in [0.05, 0.1) is 19.8 Å². The molecule has 4 nitrogen and oxygen atoms in total. The third-order valence-corrected chi connectivity index (χ3v) is 4.14. The maximum atomic E-state index is 9.60. The summed E-state index contributed by atoms with van der Waals surface area (Å²) in [6.07, 6.45) is 3.15. The Morgan fingerprint density at radius 3 is 2.78 bits per heavy atom. The van der Waals surface area contributed by atoms with Crippen LogP contribution in [-0.4, -0.2) is 61.0 Å². The van der Waals surface area contributed by atoms with Crippen molar-refractivity contribution in [2.75, 3.05) is 39.5 Å². The highest BCUT2D eigenvalue weighted by molar-refractivity contribution is 4.86. The maximum Gasteiger partial charge on any atom is 0.0619 e. The predicted molar refractivity (Wildman–Crippen MR) is 74.9 cm³/mol. The van der Waals surface area contributed by atoms with Gasteiger partial charge in [-0.15, -0.1) is 0 Å². The average molecular weight is 258 g/mol. The van der Waals surface area contributed by atoms with E-state index in [9.17, 15) is 5.11 Å². The third-order valence-electron chi connectivity index (χ3n) is 4.14. The SMILES string of the molecule is CCNC(CC)(CO)CCCN1CCOCC1C. The van der Waals surface area contributed by atoms with Crippen LogP contribution in [0.3, 0.4) is 0 Å². The van der Waals surface area contributed by atoms with Gasteiger partial charge >= 0.3 is 0 Å². The van der Waals surface area contributed by atoms with Crippen LogP contribution in [0.5, 0.6) is 0 Å². The molecule has 1 aliphatic rings. The monoisotopic (exact) mass is 258 g/mol. The zero-order valence-corrected chi connectivity index (χ0v) is 12.2. The van der Waals surface area contributed by atoms with E-state index in [0.717, 1.165) is 52.1 Å². The lowest BCUT2D eigenvalue weighted by Gasteiger charge is -2.36. The zero-order chi connectivity index (χ0) is 13.4. The molecular formula is C14H30N2O2. The van der Waals surface area contributed by atoms with E-state index in [1.807, 2.05) is 0 Å². The van der Waals surface area contributed by atoms with Crippen molar-refractivity contribution < 1.29 is 9.84 Å². The van der Waals surface area contributed by atoms with Crippen molar-refractivity contribution >= 4 is 0 Å². The quantitative estimate of drug-likeness (QED) is 0.687. The van der Waals surface area contributed by atoms with Gasteiger partial charge in [0.1, 0.15) is 0 Å². The molecule has 2 unspecified atom stereocenters. The first kappa shape index (κ1) is 15.9. The van der Waals surface area contributed by atoms with E-state index in [1.54, 1.807) is 0 Å². The molecule has 1 heterocycles. The van der Waals surface area contributed by atoms with Crippen molar-refractivity contribution in [1.82, 2.24) is 10.2 Å². The van der Waals surface area contributed by atoms with Crippen LogP contribution in [0.15, 0.2) is 0 Å². The van der Waals surface area contributed by atoms with Gasteiger partial charge in [-0.2, -0.15) is 0 Å². The fourth-order valence-electron chi connectivity index (χ4n) is 2.73. The average Bonchev–Trinajstić information content (AvgIpc) is 2.40. The number of likely N-dealkylation sites (N-methyl/N-ethyl adjacent to an activating group) is 1. The normalized spacial score (nSPS) is 25.0. The number of morpholine rings is 1. The lowest BCUT2D eigenvalue weighted by atomic mass is 9.91. The summed E-state index contributed by atoms with van der Waals surface area (Å²) in [6.45, 7) is 11.5. The van der Waals surface area contributed by atoms with Crippen LogP contribution in [0.1, 0.15) is 40.0 Å². The van der Waals surface area contributed by atoms with Gasteiger partial charge in [-0.25, -0.2) is 0 Å². The lowest BCUT2D eigenvalue weighted by molar-refractivity contribution is -0.00236. The maximum absolute atomic E-state index is 9.60. The molecule has 0 aromatic rings. The van der Waals surface area contributed by atoms with Crippen LogP contribution in [0.2, 0.25) is 0 Å². The smallest absolute Gasteiger partial charge is 0.0619 e. The molecule has 2 N–H and O–H groups in total. The van der Waals surface area contributed by atoms with Gasteiger partial charge in [0.15, 0.2) is 0 Å². The fourth-order valence-corrected chi connectivity index (χ4v) is 2.73. The zero-order valence-electron chi connectivity index (χ0n) is 12.2. The predicted octanol–water partition coefficient (Wildman–Crippen LogP) is 1.24. The Balaban J connectivity index is 2.33. The molecule has 0 aliphatic carbocycles. The molecule has 18 heavy (non-hydrogen) atoms. The molecule has 0 aromatic carbocycles. The van der Waals surface area contributed by atoms with Crippen LogP contribution >= 0.6 is 0 Å².